The van der Waals surface area contributed by atoms with Crippen molar-refractivity contribution in [2.24, 2.45) is 5.92 Å². The van der Waals surface area contributed by atoms with Crippen LogP contribution in [-0.2, 0) is 11.3 Å². The molecular weight excluding hydrogens is 466 g/mol. The predicted molar refractivity (Wildman–Crippen MR) is 144 cm³/mol. The van der Waals surface area contributed by atoms with Crippen LogP contribution in [0.5, 0.6) is 11.5 Å². The first kappa shape index (κ1) is 24.6. The minimum atomic E-state index is -0.0217. The quantitative estimate of drug-likeness (QED) is 0.401. The number of fused-ring (bicyclic) bond motifs is 1. The largest absolute Gasteiger partial charge is 0.493 e. The molecule has 0 radical (unpaired) electrons. The minimum absolute atomic E-state index is 0.0217. The van der Waals surface area contributed by atoms with Gasteiger partial charge in [-0.25, -0.2) is 9.50 Å². The molecule has 192 valence electrons. The molecule has 0 unspecified atom stereocenters. The van der Waals surface area contributed by atoms with E-state index in [-0.39, 0.29) is 11.8 Å². The van der Waals surface area contributed by atoms with E-state index in [1.54, 1.807) is 20.4 Å². The molecule has 0 atom stereocenters. The number of benzene rings is 2. The molecule has 0 spiro atoms. The van der Waals surface area contributed by atoms with Crippen LogP contribution in [0.2, 0.25) is 0 Å². The van der Waals surface area contributed by atoms with Gasteiger partial charge in [0.25, 0.3) is 0 Å². The number of aromatic nitrogens is 3. The Morgan fingerprint density at radius 3 is 2.57 bits per heavy atom. The summed E-state index contributed by atoms with van der Waals surface area (Å²) in [5, 5.41) is 7.92. The second-order valence-corrected chi connectivity index (χ2v) is 9.60. The van der Waals surface area contributed by atoms with E-state index in [1.807, 2.05) is 28.9 Å². The number of ether oxygens (including phenoxy) is 2. The van der Waals surface area contributed by atoms with Crippen LogP contribution in [-0.4, -0.2) is 47.8 Å². The molecule has 0 bridgehead atoms. The smallest absolute Gasteiger partial charge is 0.223 e. The Kier molecular flexibility index (Phi) is 6.99. The highest BCUT2D eigenvalue weighted by Gasteiger charge is 2.27. The zero-order valence-corrected chi connectivity index (χ0v) is 21.8. The van der Waals surface area contributed by atoms with E-state index in [0.717, 1.165) is 54.1 Å². The summed E-state index contributed by atoms with van der Waals surface area (Å²) >= 11 is 0. The van der Waals surface area contributed by atoms with Gasteiger partial charge in [0.1, 0.15) is 5.52 Å². The van der Waals surface area contributed by atoms with Crippen LogP contribution in [0.3, 0.4) is 0 Å². The highest BCUT2D eigenvalue weighted by molar-refractivity contribution is 5.80. The fourth-order valence-corrected chi connectivity index (χ4v) is 4.97. The van der Waals surface area contributed by atoms with Crippen molar-refractivity contribution in [3.05, 3.63) is 71.5 Å². The number of nitrogens with zero attached hydrogens (tertiary/aromatic N) is 4. The molecule has 2 aromatic heterocycles. The molecule has 1 fully saturated rings. The first-order chi connectivity index (χ1) is 18.0. The van der Waals surface area contributed by atoms with Crippen molar-refractivity contribution >= 4 is 17.2 Å². The van der Waals surface area contributed by atoms with Gasteiger partial charge in [-0.1, -0.05) is 23.8 Å². The second kappa shape index (κ2) is 10.5. The van der Waals surface area contributed by atoms with Gasteiger partial charge >= 0.3 is 0 Å². The van der Waals surface area contributed by atoms with Gasteiger partial charge in [0.2, 0.25) is 5.91 Å². The summed E-state index contributed by atoms with van der Waals surface area (Å²) in [6.45, 7) is 6.20. The zero-order chi connectivity index (χ0) is 25.9. The average molecular weight is 500 g/mol. The lowest BCUT2D eigenvalue weighted by Crippen LogP contribution is -2.40. The van der Waals surface area contributed by atoms with E-state index in [0.29, 0.717) is 18.0 Å². The third-order valence-electron chi connectivity index (χ3n) is 7.12. The Hall–Kier alpha value is -4.07. The van der Waals surface area contributed by atoms with Crippen molar-refractivity contribution in [1.29, 1.82) is 0 Å². The number of carbonyl (C=O) groups excluding carboxylic acids is 1. The monoisotopic (exact) mass is 499 g/mol. The topological polar surface area (TPSA) is 81.0 Å². The van der Waals surface area contributed by atoms with Crippen LogP contribution in [0, 0.1) is 19.8 Å². The molecule has 8 nitrogen and oxygen atoms in total. The molecule has 0 saturated carbocycles. The van der Waals surface area contributed by atoms with Crippen LogP contribution in [0.1, 0.15) is 29.5 Å². The SMILES string of the molecule is COc1ccc(CNC(=O)C2CCN(c3nccn4nc(-c5cc(C)ccc5C)cc34)CC2)cc1OC. The number of hydrogen-bond acceptors (Lipinski definition) is 6. The van der Waals surface area contributed by atoms with E-state index in [2.05, 4.69) is 48.3 Å². The van der Waals surface area contributed by atoms with Crippen molar-refractivity contribution in [3.8, 4) is 22.8 Å². The number of rotatable bonds is 7. The first-order valence-corrected chi connectivity index (χ1v) is 12.6. The van der Waals surface area contributed by atoms with Gasteiger partial charge < -0.3 is 19.7 Å². The van der Waals surface area contributed by atoms with Crippen molar-refractivity contribution in [1.82, 2.24) is 19.9 Å². The van der Waals surface area contributed by atoms with Crippen molar-refractivity contribution < 1.29 is 14.3 Å². The lowest BCUT2D eigenvalue weighted by molar-refractivity contribution is -0.125. The van der Waals surface area contributed by atoms with E-state index < -0.39 is 0 Å². The van der Waals surface area contributed by atoms with Gasteiger partial charge in [-0.3, -0.25) is 4.79 Å². The molecule has 2 aromatic carbocycles. The number of nitrogens with one attached hydrogen (secondary N) is 1. The van der Waals surface area contributed by atoms with E-state index >= 15 is 0 Å². The fourth-order valence-electron chi connectivity index (χ4n) is 4.97. The molecule has 37 heavy (non-hydrogen) atoms. The van der Waals surface area contributed by atoms with Gasteiger partial charge in [-0.2, -0.15) is 5.10 Å². The number of methoxy groups -OCH3 is 2. The fraction of sp³-hybridized carbons (Fsp3) is 0.345. The Labute approximate surface area is 217 Å². The molecule has 1 N–H and O–H groups in total. The van der Waals surface area contributed by atoms with E-state index in [1.165, 1.54) is 11.1 Å². The normalized spacial score (nSPS) is 14.1. The molecule has 5 rings (SSSR count). The number of piperidine rings is 1. The third kappa shape index (κ3) is 5.09. The third-order valence-corrected chi connectivity index (χ3v) is 7.12. The van der Waals surface area contributed by atoms with Crippen molar-refractivity contribution in [2.45, 2.75) is 33.2 Å². The van der Waals surface area contributed by atoms with Crippen LogP contribution < -0.4 is 19.7 Å². The molecule has 1 aliphatic rings. The maximum atomic E-state index is 12.9. The number of amides is 1. The van der Waals surface area contributed by atoms with Gasteiger partial charge in [0, 0.05) is 43.5 Å². The molecule has 1 saturated heterocycles. The van der Waals surface area contributed by atoms with E-state index in [4.69, 9.17) is 19.6 Å². The Bertz CT molecular complexity index is 1420. The first-order valence-electron chi connectivity index (χ1n) is 12.6. The number of aryl methyl sites for hydroxylation is 2. The summed E-state index contributed by atoms with van der Waals surface area (Å²) < 4.78 is 12.6. The number of carbonyl (C=O) groups is 1. The summed E-state index contributed by atoms with van der Waals surface area (Å²) in [7, 11) is 3.22. The molecule has 8 heteroatoms. The number of anilines is 1. The highest BCUT2D eigenvalue weighted by atomic mass is 16.5. The molecule has 4 aromatic rings. The van der Waals surface area contributed by atoms with Crippen LogP contribution in [0.4, 0.5) is 5.82 Å². The summed E-state index contributed by atoms with van der Waals surface area (Å²) in [5.74, 6) is 2.31. The van der Waals surface area contributed by atoms with Crippen LogP contribution >= 0.6 is 0 Å². The molecule has 3 heterocycles. The summed E-state index contributed by atoms with van der Waals surface area (Å²) in [5.41, 5.74) is 6.44. The predicted octanol–water partition coefficient (Wildman–Crippen LogP) is 4.56. The maximum absolute atomic E-state index is 12.9. The Balaban J connectivity index is 1.24. The summed E-state index contributed by atoms with van der Waals surface area (Å²) in [6.07, 6.45) is 5.24. The average Bonchev–Trinajstić information content (AvgIpc) is 3.37. The minimum Gasteiger partial charge on any atom is -0.493 e. The summed E-state index contributed by atoms with van der Waals surface area (Å²) in [4.78, 5) is 19.9. The van der Waals surface area contributed by atoms with Gasteiger partial charge in [-0.15, -0.1) is 0 Å². The van der Waals surface area contributed by atoms with Crippen LogP contribution in [0.15, 0.2) is 54.9 Å². The number of hydrogen-bond donors (Lipinski definition) is 1. The standard InChI is InChI=1S/C29H33N5O3/c1-19-5-6-20(2)23(15-19)24-17-25-28(30-11-14-34(25)32-24)33-12-9-22(10-13-33)29(35)31-18-21-7-8-26(36-3)27(16-21)37-4/h5-8,11,14-17,22H,9-10,12-13,18H2,1-4H3,(H,31,35). The molecule has 0 aliphatic carbocycles. The Morgan fingerprint density at radius 2 is 1.81 bits per heavy atom. The van der Waals surface area contributed by atoms with Crippen molar-refractivity contribution in [3.63, 3.8) is 0 Å². The lowest BCUT2D eigenvalue weighted by atomic mass is 9.95. The molecular formula is C29H33N5O3. The van der Waals surface area contributed by atoms with Crippen molar-refractivity contribution in [2.75, 3.05) is 32.2 Å². The zero-order valence-electron chi connectivity index (χ0n) is 21.8. The van der Waals surface area contributed by atoms with Gasteiger partial charge in [-0.05, 0) is 62.1 Å². The van der Waals surface area contributed by atoms with Crippen LogP contribution in [0.25, 0.3) is 16.8 Å². The lowest BCUT2D eigenvalue weighted by Gasteiger charge is -2.32. The highest BCUT2D eigenvalue weighted by Crippen LogP contribution is 2.30. The Morgan fingerprint density at radius 1 is 1.03 bits per heavy atom. The maximum Gasteiger partial charge on any atom is 0.223 e. The molecule has 1 amide bonds. The van der Waals surface area contributed by atoms with E-state index in [9.17, 15) is 4.79 Å². The van der Waals surface area contributed by atoms with Gasteiger partial charge in [0.15, 0.2) is 17.3 Å². The molecule has 1 aliphatic heterocycles. The van der Waals surface area contributed by atoms with Gasteiger partial charge in [0.05, 0.1) is 19.9 Å². The summed E-state index contributed by atoms with van der Waals surface area (Å²) in [6, 6.07) is 14.2. The second-order valence-electron chi connectivity index (χ2n) is 9.60.